The van der Waals surface area contributed by atoms with Gasteiger partial charge >= 0.3 is 0 Å². The van der Waals surface area contributed by atoms with Crippen LogP contribution in [0.5, 0.6) is 0 Å². The highest BCUT2D eigenvalue weighted by atomic mass is 16.5. The largest absolute Gasteiger partial charge is 0.387 e. The quantitative estimate of drug-likeness (QED) is 0.925. The fourth-order valence-electron chi connectivity index (χ4n) is 2.60. The molecule has 21 heavy (non-hydrogen) atoms. The Labute approximate surface area is 124 Å². The third-order valence-electron chi connectivity index (χ3n) is 3.87. The Morgan fingerprint density at radius 2 is 1.90 bits per heavy atom. The van der Waals surface area contributed by atoms with Crippen molar-refractivity contribution in [2.45, 2.75) is 6.10 Å². The number of ether oxygens (including phenoxy) is 1. The number of nitrogens with zero attached hydrogens (tertiary/aromatic N) is 3. The average Bonchev–Trinajstić information content (AvgIpc) is 2.95. The first-order valence-corrected chi connectivity index (χ1v) is 7.29. The van der Waals surface area contributed by atoms with E-state index in [1.807, 2.05) is 43.7 Å². The number of aryl methyl sites for hydroxylation is 1. The van der Waals surface area contributed by atoms with Gasteiger partial charge in [-0.3, -0.25) is 9.58 Å². The maximum atomic E-state index is 10.3. The van der Waals surface area contributed by atoms with E-state index in [1.165, 1.54) is 0 Å². The van der Waals surface area contributed by atoms with E-state index in [9.17, 15) is 5.11 Å². The summed E-state index contributed by atoms with van der Waals surface area (Å²) in [6.07, 6.45) is 3.38. The molecule has 3 rings (SSSR count). The molecule has 0 saturated carbocycles. The molecule has 0 radical (unpaired) electrons. The maximum Gasteiger partial charge on any atom is 0.0916 e. The standard InChI is InChI=1S/C16H21N3O2/c1-18-11-15(10-17-18)13-2-4-14(5-3-13)16(20)12-19-6-8-21-9-7-19/h2-5,10-11,16,20H,6-9,12H2,1H3. The van der Waals surface area contributed by atoms with Crippen LogP contribution in [-0.2, 0) is 11.8 Å². The summed E-state index contributed by atoms with van der Waals surface area (Å²) in [5.41, 5.74) is 3.16. The second-order valence-electron chi connectivity index (χ2n) is 5.45. The minimum Gasteiger partial charge on any atom is -0.387 e. The van der Waals surface area contributed by atoms with Crippen LogP contribution in [0.2, 0.25) is 0 Å². The summed E-state index contributed by atoms with van der Waals surface area (Å²) < 4.78 is 7.11. The molecule has 5 nitrogen and oxygen atoms in total. The van der Waals surface area contributed by atoms with Gasteiger partial charge in [-0.1, -0.05) is 24.3 Å². The molecule has 2 aromatic rings. The van der Waals surface area contributed by atoms with Gasteiger partial charge in [-0.25, -0.2) is 0 Å². The molecule has 5 heteroatoms. The van der Waals surface area contributed by atoms with Crippen LogP contribution in [0.3, 0.4) is 0 Å². The van der Waals surface area contributed by atoms with Crippen LogP contribution in [-0.4, -0.2) is 52.6 Å². The molecular formula is C16H21N3O2. The Kier molecular flexibility index (Phi) is 4.34. The van der Waals surface area contributed by atoms with Crippen molar-refractivity contribution in [3.05, 3.63) is 42.2 Å². The van der Waals surface area contributed by atoms with Crippen LogP contribution in [0, 0.1) is 0 Å². The summed E-state index contributed by atoms with van der Waals surface area (Å²) in [5.74, 6) is 0. The van der Waals surface area contributed by atoms with E-state index in [0.717, 1.165) is 43.0 Å². The molecule has 1 fully saturated rings. The van der Waals surface area contributed by atoms with E-state index in [-0.39, 0.29) is 0 Å². The van der Waals surface area contributed by atoms with E-state index in [1.54, 1.807) is 4.68 Å². The lowest BCUT2D eigenvalue weighted by molar-refractivity contribution is 0.0143. The summed E-state index contributed by atoms with van der Waals surface area (Å²) in [4.78, 5) is 2.24. The zero-order valence-corrected chi connectivity index (χ0v) is 12.3. The van der Waals surface area contributed by atoms with E-state index in [4.69, 9.17) is 4.74 Å². The van der Waals surface area contributed by atoms with Crippen LogP contribution in [0.4, 0.5) is 0 Å². The lowest BCUT2D eigenvalue weighted by atomic mass is 10.0. The summed E-state index contributed by atoms with van der Waals surface area (Å²) in [6, 6.07) is 8.06. The highest BCUT2D eigenvalue weighted by molar-refractivity contribution is 5.61. The molecule has 1 aliphatic heterocycles. The summed E-state index contributed by atoms with van der Waals surface area (Å²) >= 11 is 0. The SMILES string of the molecule is Cn1cc(-c2ccc(C(O)CN3CCOCC3)cc2)cn1. The molecule has 1 N–H and O–H groups in total. The minimum absolute atomic E-state index is 0.453. The third kappa shape index (κ3) is 3.50. The third-order valence-corrected chi connectivity index (χ3v) is 3.87. The van der Waals surface area contributed by atoms with Crippen molar-refractivity contribution in [3.63, 3.8) is 0 Å². The van der Waals surface area contributed by atoms with Crippen LogP contribution >= 0.6 is 0 Å². The fourth-order valence-corrected chi connectivity index (χ4v) is 2.60. The molecule has 1 aliphatic rings. The Morgan fingerprint density at radius 3 is 2.52 bits per heavy atom. The fraction of sp³-hybridized carbons (Fsp3) is 0.438. The zero-order chi connectivity index (χ0) is 14.7. The van der Waals surface area contributed by atoms with Gasteiger partial charge in [0.2, 0.25) is 0 Å². The molecule has 1 aromatic heterocycles. The second kappa shape index (κ2) is 6.39. The molecule has 112 valence electrons. The number of morpholine rings is 1. The monoisotopic (exact) mass is 287 g/mol. The molecule has 0 amide bonds. The molecule has 1 atom stereocenters. The molecule has 0 aliphatic carbocycles. The first-order chi connectivity index (χ1) is 10.2. The Morgan fingerprint density at radius 1 is 1.19 bits per heavy atom. The molecular weight excluding hydrogens is 266 g/mol. The van der Waals surface area contributed by atoms with E-state index in [0.29, 0.717) is 6.54 Å². The summed E-state index contributed by atoms with van der Waals surface area (Å²) in [7, 11) is 1.91. The number of aliphatic hydroxyl groups excluding tert-OH is 1. The number of benzene rings is 1. The topological polar surface area (TPSA) is 50.5 Å². The van der Waals surface area contributed by atoms with Gasteiger partial charge < -0.3 is 9.84 Å². The van der Waals surface area contributed by atoms with Crippen molar-refractivity contribution >= 4 is 0 Å². The van der Waals surface area contributed by atoms with Gasteiger partial charge in [-0.2, -0.15) is 5.10 Å². The van der Waals surface area contributed by atoms with Gasteiger partial charge in [0.15, 0.2) is 0 Å². The van der Waals surface area contributed by atoms with Crippen LogP contribution in [0.1, 0.15) is 11.7 Å². The molecule has 0 bridgehead atoms. The van der Waals surface area contributed by atoms with Gasteiger partial charge in [-0.15, -0.1) is 0 Å². The minimum atomic E-state index is -0.453. The zero-order valence-electron chi connectivity index (χ0n) is 12.3. The number of hydrogen-bond acceptors (Lipinski definition) is 4. The van der Waals surface area contributed by atoms with Crippen LogP contribution in [0.15, 0.2) is 36.7 Å². The van der Waals surface area contributed by atoms with Gasteiger partial charge in [0.1, 0.15) is 0 Å². The molecule has 0 spiro atoms. The number of aliphatic hydroxyl groups is 1. The van der Waals surface area contributed by atoms with Gasteiger partial charge in [0.05, 0.1) is 25.5 Å². The Hall–Kier alpha value is -1.69. The van der Waals surface area contributed by atoms with E-state index >= 15 is 0 Å². The second-order valence-corrected chi connectivity index (χ2v) is 5.45. The normalized spacial score (nSPS) is 17.8. The Balaban J connectivity index is 1.65. The van der Waals surface area contributed by atoms with Gasteiger partial charge in [0.25, 0.3) is 0 Å². The highest BCUT2D eigenvalue weighted by Gasteiger charge is 2.16. The predicted molar refractivity (Wildman–Crippen MR) is 80.9 cm³/mol. The number of rotatable bonds is 4. The van der Waals surface area contributed by atoms with Crippen molar-refractivity contribution in [1.82, 2.24) is 14.7 Å². The van der Waals surface area contributed by atoms with Crippen molar-refractivity contribution < 1.29 is 9.84 Å². The van der Waals surface area contributed by atoms with Crippen LogP contribution < -0.4 is 0 Å². The molecule has 2 heterocycles. The lowest BCUT2D eigenvalue weighted by Crippen LogP contribution is -2.38. The average molecular weight is 287 g/mol. The smallest absolute Gasteiger partial charge is 0.0916 e. The van der Waals surface area contributed by atoms with Crippen molar-refractivity contribution in [2.75, 3.05) is 32.8 Å². The van der Waals surface area contributed by atoms with E-state index in [2.05, 4.69) is 10.00 Å². The lowest BCUT2D eigenvalue weighted by Gasteiger charge is -2.28. The van der Waals surface area contributed by atoms with Crippen molar-refractivity contribution in [2.24, 2.45) is 7.05 Å². The van der Waals surface area contributed by atoms with E-state index < -0.39 is 6.10 Å². The molecule has 1 aromatic carbocycles. The Bertz CT molecular complexity index is 573. The van der Waals surface area contributed by atoms with Crippen LogP contribution in [0.25, 0.3) is 11.1 Å². The number of aromatic nitrogens is 2. The van der Waals surface area contributed by atoms with Crippen molar-refractivity contribution in [1.29, 1.82) is 0 Å². The predicted octanol–water partition coefficient (Wildman–Crippen LogP) is 1.45. The maximum absolute atomic E-state index is 10.3. The molecule has 1 saturated heterocycles. The van der Waals surface area contributed by atoms with Gasteiger partial charge in [0, 0.05) is 38.4 Å². The summed E-state index contributed by atoms with van der Waals surface area (Å²) in [6.45, 7) is 3.96. The first-order valence-electron chi connectivity index (χ1n) is 7.29. The van der Waals surface area contributed by atoms with Crippen molar-refractivity contribution in [3.8, 4) is 11.1 Å². The van der Waals surface area contributed by atoms with Gasteiger partial charge in [-0.05, 0) is 11.1 Å². The summed E-state index contributed by atoms with van der Waals surface area (Å²) in [5, 5.41) is 14.5. The number of β-amino-alcohol motifs (C(OH)–C–C–N with tert-alkyl or cyclic N) is 1. The molecule has 1 unspecified atom stereocenters. The highest BCUT2D eigenvalue weighted by Crippen LogP contribution is 2.22. The first kappa shape index (κ1) is 14.3. The number of hydrogen-bond donors (Lipinski definition) is 1.